The molecule has 1 aromatic heterocycles. The molecule has 2 aliphatic heterocycles. The molecule has 1 aromatic carbocycles. The van der Waals surface area contributed by atoms with Gasteiger partial charge >= 0.3 is 0 Å². The number of nitrogens with one attached hydrogen (secondary N) is 1. The first-order chi connectivity index (χ1) is 15.5. The van der Waals surface area contributed by atoms with Crippen molar-refractivity contribution < 1.29 is 0 Å². The van der Waals surface area contributed by atoms with E-state index in [2.05, 4.69) is 57.4 Å². The molecule has 0 radical (unpaired) electrons. The Hall–Kier alpha value is -2.28. The second kappa shape index (κ2) is 10.6. The molecule has 0 unspecified atom stereocenters. The Kier molecular flexibility index (Phi) is 7.55. The molecule has 3 heterocycles. The molecule has 2 aromatic rings. The van der Waals surface area contributed by atoms with Crippen LogP contribution in [0.5, 0.6) is 0 Å². The van der Waals surface area contributed by atoms with Crippen molar-refractivity contribution in [3.05, 3.63) is 54.0 Å². The molecule has 0 amide bonds. The molecule has 6 nitrogen and oxygen atoms in total. The molecule has 1 saturated heterocycles. The molecule has 2 aliphatic rings. The zero-order chi connectivity index (χ0) is 22.5. The third-order valence-electron chi connectivity index (χ3n) is 6.29. The third-order valence-corrected chi connectivity index (χ3v) is 6.54. The minimum atomic E-state index is 0.733. The SMILES string of the molecule is C=C1C=C(NCCN2CCN(C)CC2)N(CCCCC)c2nc(-c3ccc(Cl)cc3)cn21. The van der Waals surface area contributed by atoms with Crippen molar-refractivity contribution in [3.8, 4) is 11.3 Å². The summed E-state index contributed by atoms with van der Waals surface area (Å²) >= 11 is 6.08. The third kappa shape index (κ3) is 5.37. The van der Waals surface area contributed by atoms with Gasteiger partial charge in [-0.3, -0.25) is 14.4 Å². The van der Waals surface area contributed by atoms with E-state index in [0.717, 1.165) is 86.0 Å². The van der Waals surface area contributed by atoms with Crippen LogP contribution in [-0.4, -0.2) is 72.2 Å². The van der Waals surface area contributed by atoms with Gasteiger partial charge in [0, 0.05) is 74.4 Å². The van der Waals surface area contributed by atoms with Gasteiger partial charge in [-0.1, -0.05) is 50.1 Å². The van der Waals surface area contributed by atoms with Crippen molar-refractivity contribution in [1.82, 2.24) is 24.7 Å². The lowest BCUT2D eigenvalue weighted by Crippen LogP contribution is -2.47. The number of benzene rings is 1. The Morgan fingerprint density at radius 2 is 1.81 bits per heavy atom. The second-order valence-electron chi connectivity index (χ2n) is 8.75. The summed E-state index contributed by atoms with van der Waals surface area (Å²) in [5.41, 5.74) is 2.93. The monoisotopic (exact) mass is 454 g/mol. The maximum absolute atomic E-state index is 6.08. The first kappa shape index (κ1) is 22.9. The Morgan fingerprint density at radius 1 is 1.06 bits per heavy atom. The van der Waals surface area contributed by atoms with Gasteiger partial charge in [-0.05, 0) is 25.6 Å². The number of likely N-dealkylation sites (N-methyl/N-ethyl adjacent to an activating group) is 1. The summed E-state index contributed by atoms with van der Waals surface area (Å²) in [6, 6.07) is 7.85. The molecule has 0 atom stereocenters. The van der Waals surface area contributed by atoms with E-state index in [1.165, 1.54) is 12.8 Å². The highest BCUT2D eigenvalue weighted by Crippen LogP contribution is 2.32. The fourth-order valence-electron chi connectivity index (χ4n) is 4.25. The van der Waals surface area contributed by atoms with Crippen molar-refractivity contribution in [2.24, 2.45) is 0 Å². The standard InChI is InChI=1S/C25H35ClN6/c1-4-5-6-12-31-24(27-11-13-30-16-14-29(3)15-17-30)18-20(2)32-19-23(28-25(31)32)21-7-9-22(26)10-8-21/h7-10,18-19,27H,2,4-6,11-17H2,1,3H3. The molecule has 4 rings (SSSR count). The van der Waals surface area contributed by atoms with Crippen LogP contribution >= 0.6 is 11.6 Å². The molecule has 172 valence electrons. The van der Waals surface area contributed by atoms with Crippen LogP contribution in [0.25, 0.3) is 17.0 Å². The van der Waals surface area contributed by atoms with Gasteiger partial charge in [-0.15, -0.1) is 0 Å². The van der Waals surface area contributed by atoms with E-state index in [4.69, 9.17) is 16.6 Å². The number of unbranched alkanes of at least 4 members (excludes halogenated alkanes) is 2. The molecule has 1 N–H and O–H groups in total. The molecule has 7 heteroatoms. The lowest BCUT2D eigenvalue weighted by molar-refractivity contribution is 0.155. The van der Waals surface area contributed by atoms with Crippen LogP contribution in [-0.2, 0) is 0 Å². The predicted octanol–water partition coefficient (Wildman–Crippen LogP) is 4.36. The van der Waals surface area contributed by atoms with E-state index in [0.29, 0.717) is 0 Å². The molecular weight excluding hydrogens is 420 g/mol. The topological polar surface area (TPSA) is 39.6 Å². The number of anilines is 1. The van der Waals surface area contributed by atoms with Crippen molar-refractivity contribution in [1.29, 1.82) is 0 Å². The van der Waals surface area contributed by atoms with Crippen molar-refractivity contribution in [2.45, 2.75) is 26.2 Å². The van der Waals surface area contributed by atoms with Gasteiger partial charge in [0.15, 0.2) is 0 Å². The first-order valence-corrected chi connectivity index (χ1v) is 12.1. The summed E-state index contributed by atoms with van der Waals surface area (Å²) in [6.45, 7) is 14.0. The fraction of sp³-hybridized carbons (Fsp3) is 0.480. The summed E-state index contributed by atoms with van der Waals surface area (Å²) in [5, 5.41) is 4.42. The molecule has 0 saturated carbocycles. The van der Waals surface area contributed by atoms with Crippen LogP contribution < -0.4 is 10.2 Å². The fourth-order valence-corrected chi connectivity index (χ4v) is 4.37. The van der Waals surface area contributed by atoms with Gasteiger partial charge in [-0.25, -0.2) is 4.98 Å². The van der Waals surface area contributed by atoms with Crippen LogP contribution in [0.3, 0.4) is 0 Å². The lowest BCUT2D eigenvalue weighted by Gasteiger charge is -2.34. The number of fused-ring (bicyclic) bond motifs is 1. The van der Waals surface area contributed by atoms with Crippen LogP contribution in [0.1, 0.15) is 26.2 Å². The average molecular weight is 455 g/mol. The summed E-state index contributed by atoms with van der Waals surface area (Å²) in [5.74, 6) is 2.03. The maximum atomic E-state index is 6.08. The van der Waals surface area contributed by atoms with Crippen LogP contribution in [0.4, 0.5) is 5.95 Å². The zero-order valence-corrected chi connectivity index (χ0v) is 20.1. The van der Waals surface area contributed by atoms with Crippen LogP contribution in [0.2, 0.25) is 5.02 Å². The minimum absolute atomic E-state index is 0.733. The van der Waals surface area contributed by atoms with Gasteiger partial charge < -0.3 is 10.2 Å². The molecular formula is C25H35ClN6. The highest BCUT2D eigenvalue weighted by molar-refractivity contribution is 6.30. The van der Waals surface area contributed by atoms with Crippen molar-refractivity contribution >= 4 is 23.2 Å². The van der Waals surface area contributed by atoms with E-state index in [9.17, 15) is 0 Å². The largest absolute Gasteiger partial charge is 0.370 e. The van der Waals surface area contributed by atoms with E-state index in [-0.39, 0.29) is 0 Å². The van der Waals surface area contributed by atoms with Gasteiger partial charge in [0.05, 0.1) is 5.69 Å². The Balaban J connectivity index is 1.49. The molecule has 32 heavy (non-hydrogen) atoms. The number of aromatic nitrogens is 2. The van der Waals surface area contributed by atoms with Crippen molar-refractivity contribution in [3.63, 3.8) is 0 Å². The van der Waals surface area contributed by atoms with Gasteiger partial charge in [0.25, 0.3) is 0 Å². The van der Waals surface area contributed by atoms with E-state index in [1.54, 1.807) is 0 Å². The normalized spacial score (nSPS) is 17.4. The smallest absolute Gasteiger partial charge is 0.216 e. The molecule has 0 bridgehead atoms. The first-order valence-electron chi connectivity index (χ1n) is 11.7. The maximum Gasteiger partial charge on any atom is 0.216 e. The van der Waals surface area contributed by atoms with Gasteiger partial charge in [-0.2, -0.15) is 0 Å². The number of imidazole rings is 1. The molecule has 0 aliphatic carbocycles. The summed E-state index contributed by atoms with van der Waals surface area (Å²) in [4.78, 5) is 12.2. The van der Waals surface area contributed by atoms with E-state index >= 15 is 0 Å². The Morgan fingerprint density at radius 3 is 2.53 bits per heavy atom. The highest BCUT2D eigenvalue weighted by atomic mass is 35.5. The van der Waals surface area contributed by atoms with Crippen molar-refractivity contribution in [2.75, 3.05) is 57.8 Å². The molecule has 1 fully saturated rings. The summed E-state index contributed by atoms with van der Waals surface area (Å²) in [6.07, 6.45) is 7.75. The average Bonchev–Trinajstić information content (AvgIpc) is 3.24. The lowest BCUT2D eigenvalue weighted by atomic mass is 10.2. The number of halogens is 1. The molecule has 0 spiro atoms. The number of rotatable bonds is 9. The van der Waals surface area contributed by atoms with Gasteiger partial charge in [0.2, 0.25) is 5.95 Å². The van der Waals surface area contributed by atoms with Crippen LogP contribution in [0, 0.1) is 0 Å². The predicted molar refractivity (Wildman–Crippen MR) is 135 cm³/mol. The number of nitrogens with zero attached hydrogens (tertiary/aromatic N) is 5. The second-order valence-corrected chi connectivity index (χ2v) is 9.19. The zero-order valence-electron chi connectivity index (χ0n) is 19.4. The Labute approximate surface area is 197 Å². The van der Waals surface area contributed by atoms with Gasteiger partial charge in [0.1, 0.15) is 5.82 Å². The van der Waals surface area contributed by atoms with E-state index < -0.39 is 0 Å². The summed E-state index contributed by atoms with van der Waals surface area (Å²) in [7, 11) is 2.20. The number of allylic oxidation sites excluding steroid dienone is 2. The quantitative estimate of drug-likeness (QED) is 0.570. The van der Waals surface area contributed by atoms with E-state index in [1.807, 2.05) is 24.3 Å². The minimum Gasteiger partial charge on any atom is -0.370 e. The number of hydrogen-bond acceptors (Lipinski definition) is 5. The highest BCUT2D eigenvalue weighted by Gasteiger charge is 2.25. The Bertz CT molecular complexity index is 940. The number of hydrogen-bond donors (Lipinski definition) is 1. The van der Waals surface area contributed by atoms with Crippen LogP contribution in [0.15, 0.2) is 48.9 Å². The number of piperazine rings is 1. The summed E-state index contributed by atoms with van der Waals surface area (Å²) < 4.78 is 2.10.